The number of nitrogens with two attached hydrogens (primary N) is 1. The van der Waals surface area contributed by atoms with Gasteiger partial charge in [-0.05, 0) is 30.6 Å². The zero-order valence-corrected chi connectivity index (χ0v) is 10.7. The van der Waals surface area contributed by atoms with Gasteiger partial charge in [0.2, 0.25) is 5.91 Å². The van der Waals surface area contributed by atoms with Gasteiger partial charge in [0.15, 0.2) is 0 Å². The molecule has 3 unspecified atom stereocenters. The van der Waals surface area contributed by atoms with Gasteiger partial charge in [-0.1, -0.05) is 20.8 Å². The van der Waals surface area contributed by atoms with E-state index in [0.29, 0.717) is 12.5 Å². The van der Waals surface area contributed by atoms with Gasteiger partial charge < -0.3 is 10.6 Å². The monoisotopic (exact) mass is 224 g/mol. The molecule has 2 N–H and O–H groups in total. The van der Waals surface area contributed by atoms with Crippen LogP contribution in [0.3, 0.4) is 0 Å². The second kappa shape index (κ2) is 4.02. The number of nitrogens with zero attached hydrogens (tertiary/aromatic N) is 1. The van der Waals surface area contributed by atoms with E-state index in [1.807, 2.05) is 0 Å². The number of likely N-dealkylation sites (tertiary alicyclic amines) is 1. The first-order valence-corrected chi connectivity index (χ1v) is 6.43. The van der Waals surface area contributed by atoms with Gasteiger partial charge in [0.1, 0.15) is 0 Å². The number of amides is 1. The van der Waals surface area contributed by atoms with Crippen molar-refractivity contribution in [1.29, 1.82) is 0 Å². The summed E-state index contributed by atoms with van der Waals surface area (Å²) in [4.78, 5) is 14.2. The van der Waals surface area contributed by atoms with Crippen molar-refractivity contribution in [3.05, 3.63) is 0 Å². The summed E-state index contributed by atoms with van der Waals surface area (Å²) in [6.45, 7) is 7.28. The highest BCUT2D eigenvalue weighted by atomic mass is 16.2. The Morgan fingerprint density at radius 1 is 1.44 bits per heavy atom. The van der Waals surface area contributed by atoms with E-state index in [-0.39, 0.29) is 17.4 Å². The largest absolute Gasteiger partial charge is 0.339 e. The van der Waals surface area contributed by atoms with E-state index in [1.54, 1.807) is 0 Å². The molecule has 1 heterocycles. The second-order valence-electron chi connectivity index (χ2n) is 6.56. The van der Waals surface area contributed by atoms with Gasteiger partial charge in [-0.25, -0.2) is 0 Å². The summed E-state index contributed by atoms with van der Waals surface area (Å²) >= 11 is 0. The van der Waals surface area contributed by atoms with Crippen molar-refractivity contribution < 1.29 is 4.79 Å². The highest BCUT2D eigenvalue weighted by Gasteiger charge is 2.40. The van der Waals surface area contributed by atoms with Crippen molar-refractivity contribution in [2.24, 2.45) is 17.1 Å². The lowest BCUT2D eigenvalue weighted by atomic mass is 9.85. The van der Waals surface area contributed by atoms with Crippen LogP contribution in [-0.2, 0) is 4.79 Å². The minimum absolute atomic E-state index is 0.0222. The maximum absolute atomic E-state index is 12.1. The van der Waals surface area contributed by atoms with Crippen LogP contribution < -0.4 is 5.73 Å². The summed E-state index contributed by atoms with van der Waals surface area (Å²) in [5, 5.41) is 0. The van der Waals surface area contributed by atoms with Crippen LogP contribution in [0.2, 0.25) is 0 Å². The van der Waals surface area contributed by atoms with Crippen LogP contribution in [-0.4, -0.2) is 29.4 Å². The number of carbonyl (C=O) groups excluding carboxylic acids is 1. The van der Waals surface area contributed by atoms with Crippen LogP contribution in [0, 0.1) is 11.3 Å². The fourth-order valence-corrected chi connectivity index (χ4v) is 2.84. The molecule has 1 saturated carbocycles. The minimum Gasteiger partial charge on any atom is -0.339 e. The molecule has 0 aromatic carbocycles. The topological polar surface area (TPSA) is 46.3 Å². The summed E-state index contributed by atoms with van der Waals surface area (Å²) in [6, 6.07) is 0.504. The standard InChI is InChI=1S/C13H24N2O/c1-13(2,3)11(14)7-12(16)15-8-9-4-5-10(15)6-9/h9-11H,4-8,14H2,1-3H3. The fraction of sp³-hybridized carbons (Fsp3) is 0.923. The molecule has 2 aliphatic rings. The second-order valence-corrected chi connectivity index (χ2v) is 6.56. The van der Waals surface area contributed by atoms with Gasteiger partial charge in [-0.2, -0.15) is 0 Å². The lowest BCUT2D eigenvalue weighted by molar-refractivity contribution is -0.133. The average Bonchev–Trinajstić information content (AvgIpc) is 2.76. The molecule has 0 aromatic rings. The molecule has 0 aromatic heterocycles. The molecule has 0 radical (unpaired) electrons. The Bertz CT molecular complexity index is 282. The quantitative estimate of drug-likeness (QED) is 0.777. The number of fused-ring (bicyclic) bond motifs is 2. The van der Waals surface area contributed by atoms with Crippen molar-refractivity contribution in [2.75, 3.05) is 6.54 Å². The lowest BCUT2D eigenvalue weighted by Gasteiger charge is -2.31. The van der Waals surface area contributed by atoms with Crippen molar-refractivity contribution in [2.45, 2.75) is 58.5 Å². The molecule has 0 spiro atoms. The molecule has 2 fully saturated rings. The van der Waals surface area contributed by atoms with E-state index in [9.17, 15) is 4.79 Å². The lowest BCUT2D eigenvalue weighted by Crippen LogP contribution is -2.44. The molecular weight excluding hydrogens is 200 g/mol. The molecule has 92 valence electrons. The highest BCUT2D eigenvalue weighted by Crippen LogP contribution is 2.38. The van der Waals surface area contributed by atoms with Crippen molar-refractivity contribution in [3.63, 3.8) is 0 Å². The summed E-state index contributed by atoms with van der Waals surface area (Å²) in [5.74, 6) is 1.05. The number of hydrogen-bond acceptors (Lipinski definition) is 2. The van der Waals surface area contributed by atoms with E-state index in [4.69, 9.17) is 5.73 Å². The normalized spacial score (nSPS) is 30.9. The van der Waals surface area contributed by atoms with Crippen LogP contribution in [0.25, 0.3) is 0 Å². The molecule has 1 aliphatic carbocycles. The van der Waals surface area contributed by atoms with Gasteiger partial charge in [-0.15, -0.1) is 0 Å². The summed E-state index contributed by atoms with van der Waals surface area (Å²) in [7, 11) is 0. The number of hydrogen-bond donors (Lipinski definition) is 1. The molecule has 1 saturated heterocycles. The van der Waals surface area contributed by atoms with E-state index in [1.165, 1.54) is 19.3 Å². The molecule has 1 amide bonds. The molecular formula is C13H24N2O. The van der Waals surface area contributed by atoms with Crippen molar-refractivity contribution in [1.82, 2.24) is 4.90 Å². The molecule has 3 heteroatoms. The third-order valence-electron chi connectivity index (χ3n) is 4.24. The zero-order chi connectivity index (χ0) is 11.9. The molecule has 3 nitrogen and oxygen atoms in total. The van der Waals surface area contributed by atoms with E-state index < -0.39 is 0 Å². The summed E-state index contributed by atoms with van der Waals surface area (Å²) < 4.78 is 0. The van der Waals surface area contributed by atoms with Gasteiger partial charge in [0.05, 0.1) is 0 Å². The first kappa shape index (κ1) is 11.9. The Morgan fingerprint density at radius 2 is 2.12 bits per heavy atom. The Hall–Kier alpha value is -0.570. The van der Waals surface area contributed by atoms with Crippen molar-refractivity contribution in [3.8, 4) is 0 Å². The highest BCUT2D eigenvalue weighted by molar-refractivity contribution is 5.77. The van der Waals surface area contributed by atoms with Gasteiger partial charge in [0.25, 0.3) is 0 Å². The first-order valence-electron chi connectivity index (χ1n) is 6.43. The summed E-state index contributed by atoms with van der Waals surface area (Å²) in [6.07, 6.45) is 4.27. The van der Waals surface area contributed by atoms with E-state index >= 15 is 0 Å². The number of carbonyl (C=O) groups is 1. The van der Waals surface area contributed by atoms with Crippen LogP contribution in [0.4, 0.5) is 0 Å². The summed E-state index contributed by atoms with van der Waals surface area (Å²) in [5.41, 5.74) is 6.09. The average molecular weight is 224 g/mol. The van der Waals surface area contributed by atoms with Gasteiger partial charge in [0, 0.05) is 25.0 Å². The van der Waals surface area contributed by atoms with Crippen LogP contribution in [0.5, 0.6) is 0 Å². The third kappa shape index (κ3) is 2.24. The zero-order valence-electron chi connectivity index (χ0n) is 10.7. The van der Waals surface area contributed by atoms with Crippen molar-refractivity contribution >= 4 is 5.91 Å². The SMILES string of the molecule is CC(C)(C)C(N)CC(=O)N1CC2CCC1C2. The van der Waals surface area contributed by atoms with E-state index in [2.05, 4.69) is 25.7 Å². The molecule has 2 bridgehead atoms. The molecule has 1 aliphatic heterocycles. The predicted octanol–water partition coefficient (Wildman–Crippen LogP) is 1.76. The Morgan fingerprint density at radius 3 is 2.56 bits per heavy atom. The number of piperidine rings is 1. The predicted molar refractivity (Wildman–Crippen MR) is 64.9 cm³/mol. The Balaban J connectivity index is 1.89. The van der Waals surface area contributed by atoms with Gasteiger partial charge in [-0.3, -0.25) is 4.79 Å². The Kier molecular flexibility index (Phi) is 2.99. The maximum Gasteiger partial charge on any atom is 0.224 e. The first-order chi connectivity index (χ1) is 7.38. The molecule has 2 rings (SSSR count). The molecule has 16 heavy (non-hydrogen) atoms. The maximum atomic E-state index is 12.1. The minimum atomic E-state index is -0.0286. The fourth-order valence-electron chi connectivity index (χ4n) is 2.84. The van der Waals surface area contributed by atoms with Crippen LogP contribution >= 0.6 is 0 Å². The van der Waals surface area contributed by atoms with Gasteiger partial charge >= 0.3 is 0 Å². The smallest absolute Gasteiger partial charge is 0.224 e. The number of rotatable bonds is 2. The Labute approximate surface area is 98.4 Å². The van der Waals surface area contributed by atoms with Crippen LogP contribution in [0.15, 0.2) is 0 Å². The molecule has 3 atom stereocenters. The van der Waals surface area contributed by atoms with E-state index in [0.717, 1.165) is 12.5 Å². The third-order valence-corrected chi connectivity index (χ3v) is 4.24. The van der Waals surface area contributed by atoms with Crippen LogP contribution in [0.1, 0.15) is 46.5 Å².